The van der Waals surface area contributed by atoms with Gasteiger partial charge in [0.1, 0.15) is 12.4 Å². The highest BCUT2D eigenvalue weighted by Crippen LogP contribution is 2.22. The first-order valence-corrected chi connectivity index (χ1v) is 9.94. The number of amidine groups is 1. The molecule has 0 unspecified atom stereocenters. The van der Waals surface area contributed by atoms with Crippen molar-refractivity contribution in [2.45, 2.75) is 18.7 Å². The van der Waals surface area contributed by atoms with Crippen LogP contribution in [0, 0.1) is 13.8 Å². The van der Waals surface area contributed by atoms with E-state index in [-0.39, 0.29) is 10.7 Å². The third-order valence-corrected chi connectivity index (χ3v) is 5.67. The fourth-order valence-corrected chi connectivity index (χ4v) is 3.91. The minimum atomic E-state index is -3.67. The average Bonchev–Trinajstić information content (AvgIpc) is 2.93. The Morgan fingerprint density at radius 3 is 2.64 bits per heavy atom. The van der Waals surface area contributed by atoms with Crippen molar-refractivity contribution in [2.75, 3.05) is 18.5 Å². The van der Waals surface area contributed by atoms with E-state index in [4.69, 9.17) is 4.74 Å². The monoisotopic (exact) mass is 401 g/mol. The van der Waals surface area contributed by atoms with E-state index in [9.17, 15) is 18.0 Å². The standard InChI is InChI=1S/C19H19N3O5S/c1-12-6-5-8-15(13(12)2)21-17(23)11-27-18(24)10-20-19-14-7-3-4-9-16(14)28(25,26)22-19/h3-9H,10-11H2,1-2H3,(H,20,22)(H,21,23). The molecule has 1 aliphatic heterocycles. The summed E-state index contributed by atoms with van der Waals surface area (Å²) in [5.41, 5.74) is 3.01. The molecule has 0 saturated carbocycles. The number of anilines is 1. The molecule has 0 fully saturated rings. The summed E-state index contributed by atoms with van der Waals surface area (Å²) in [6, 6.07) is 11.8. The molecule has 0 aromatic heterocycles. The maximum absolute atomic E-state index is 12.0. The Hall–Kier alpha value is -3.20. The Morgan fingerprint density at radius 2 is 1.86 bits per heavy atom. The Kier molecular flexibility index (Phi) is 5.46. The molecule has 2 aromatic carbocycles. The van der Waals surface area contributed by atoms with Gasteiger partial charge < -0.3 is 10.1 Å². The summed E-state index contributed by atoms with van der Waals surface area (Å²) >= 11 is 0. The lowest BCUT2D eigenvalue weighted by molar-refractivity contribution is -0.145. The van der Waals surface area contributed by atoms with Crippen LogP contribution in [0.1, 0.15) is 16.7 Å². The first kappa shape index (κ1) is 19.6. The first-order chi connectivity index (χ1) is 13.3. The number of amides is 1. The predicted molar refractivity (Wildman–Crippen MR) is 104 cm³/mol. The fourth-order valence-electron chi connectivity index (χ4n) is 2.66. The van der Waals surface area contributed by atoms with Crippen LogP contribution in [0.5, 0.6) is 0 Å². The Labute approximate surface area is 162 Å². The maximum atomic E-state index is 12.0. The highest BCUT2D eigenvalue weighted by Gasteiger charge is 2.30. The van der Waals surface area contributed by atoms with Crippen LogP contribution in [0.4, 0.5) is 5.69 Å². The number of ether oxygens (including phenoxy) is 1. The number of sulfonamides is 1. The average molecular weight is 401 g/mol. The Morgan fingerprint density at radius 1 is 1.11 bits per heavy atom. The SMILES string of the molecule is Cc1cccc(NC(=O)COC(=O)CN=C2NS(=O)(=O)c3ccccc32)c1C. The van der Waals surface area contributed by atoms with Crippen molar-refractivity contribution >= 4 is 33.4 Å². The van der Waals surface area contributed by atoms with Crippen LogP contribution in [0.3, 0.4) is 0 Å². The van der Waals surface area contributed by atoms with Crippen LogP contribution in [0.2, 0.25) is 0 Å². The van der Waals surface area contributed by atoms with Gasteiger partial charge in [-0.15, -0.1) is 0 Å². The van der Waals surface area contributed by atoms with Gasteiger partial charge in [-0.2, -0.15) is 0 Å². The molecule has 146 valence electrons. The van der Waals surface area contributed by atoms with Crippen LogP contribution < -0.4 is 10.0 Å². The van der Waals surface area contributed by atoms with Gasteiger partial charge in [-0.1, -0.05) is 24.3 Å². The van der Waals surface area contributed by atoms with Crippen LogP contribution in [0.25, 0.3) is 0 Å². The molecule has 0 spiro atoms. The van der Waals surface area contributed by atoms with Crippen molar-refractivity contribution in [1.29, 1.82) is 0 Å². The van der Waals surface area contributed by atoms with E-state index in [0.717, 1.165) is 11.1 Å². The van der Waals surface area contributed by atoms with Gasteiger partial charge in [0.2, 0.25) is 0 Å². The van der Waals surface area contributed by atoms with E-state index in [1.807, 2.05) is 26.0 Å². The minimum Gasteiger partial charge on any atom is -0.454 e. The molecule has 0 radical (unpaired) electrons. The summed E-state index contributed by atoms with van der Waals surface area (Å²) in [6.45, 7) is 2.94. The number of aliphatic imine (C=N–C) groups is 1. The second-order valence-corrected chi connectivity index (χ2v) is 7.87. The molecule has 0 saturated heterocycles. The fraction of sp³-hybridized carbons (Fsp3) is 0.211. The van der Waals surface area contributed by atoms with E-state index in [1.54, 1.807) is 24.3 Å². The number of nitrogens with one attached hydrogen (secondary N) is 2. The zero-order chi connectivity index (χ0) is 20.3. The molecule has 1 amide bonds. The third-order valence-electron chi connectivity index (χ3n) is 4.27. The maximum Gasteiger partial charge on any atom is 0.328 e. The number of hydrogen-bond donors (Lipinski definition) is 2. The lowest BCUT2D eigenvalue weighted by Crippen LogP contribution is -2.25. The molecule has 0 aliphatic carbocycles. The molecule has 1 heterocycles. The number of carbonyl (C=O) groups excluding carboxylic acids is 2. The number of carbonyl (C=O) groups is 2. The topological polar surface area (TPSA) is 114 Å². The predicted octanol–water partition coefficient (Wildman–Crippen LogP) is 1.52. The Balaban J connectivity index is 1.56. The van der Waals surface area contributed by atoms with Crippen LogP contribution in [0.15, 0.2) is 52.4 Å². The lowest BCUT2D eigenvalue weighted by Gasteiger charge is -2.10. The largest absolute Gasteiger partial charge is 0.454 e. The quantitative estimate of drug-likeness (QED) is 0.738. The summed E-state index contributed by atoms with van der Waals surface area (Å²) in [5, 5.41) is 2.68. The summed E-state index contributed by atoms with van der Waals surface area (Å²) < 4.78 is 31.2. The van der Waals surface area contributed by atoms with Crippen LogP contribution in [-0.4, -0.2) is 39.3 Å². The van der Waals surface area contributed by atoms with Gasteiger partial charge in [0.15, 0.2) is 6.61 Å². The molecule has 2 N–H and O–H groups in total. The summed E-state index contributed by atoms with van der Waals surface area (Å²) in [4.78, 5) is 27.9. The first-order valence-electron chi connectivity index (χ1n) is 8.46. The number of fused-ring (bicyclic) bond motifs is 1. The minimum absolute atomic E-state index is 0.0763. The summed E-state index contributed by atoms with van der Waals surface area (Å²) in [5.74, 6) is -1.14. The number of benzene rings is 2. The third kappa shape index (κ3) is 4.20. The number of esters is 1. The molecule has 3 rings (SSSR count). The lowest BCUT2D eigenvalue weighted by atomic mass is 10.1. The normalized spacial score (nSPS) is 15.6. The van der Waals surface area contributed by atoms with Gasteiger partial charge in [-0.05, 0) is 43.2 Å². The van der Waals surface area contributed by atoms with Crippen molar-refractivity contribution in [2.24, 2.45) is 4.99 Å². The van der Waals surface area contributed by atoms with Gasteiger partial charge >= 0.3 is 5.97 Å². The highest BCUT2D eigenvalue weighted by molar-refractivity contribution is 7.90. The van der Waals surface area contributed by atoms with Crippen LogP contribution in [-0.2, 0) is 24.3 Å². The van der Waals surface area contributed by atoms with Gasteiger partial charge in [0.05, 0.1) is 4.90 Å². The zero-order valence-corrected chi connectivity index (χ0v) is 16.2. The van der Waals surface area contributed by atoms with E-state index in [2.05, 4.69) is 15.0 Å². The van der Waals surface area contributed by atoms with Gasteiger partial charge in [-0.25, -0.2) is 8.42 Å². The molecule has 0 atom stereocenters. The van der Waals surface area contributed by atoms with Crippen molar-refractivity contribution < 1.29 is 22.7 Å². The van der Waals surface area contributed by atoms with E-state index >= 15 is 0 Å². The molecular weight excluding hydrogens is 382 g/mol. The van der Waals surface area contributed by atoms with E-state index in [0.29, 0.717) is 11.3 Å². The molecule has 2 aromatic rings. The number of hydrogen-bond acceptors (Lipinski definition) is 6. The molecular formula is C19H19N3O5S. The van der Waals surface area contributed by atoms with E-state index in [1.165, 1.54) is 6.07 Å². The number of rotatable bonds is 5. The van der Waals surface area contributed by atoms with Gasteiger partial charge in [0.25, 0.3) is 15.9 Å². The van der Waals surface area contributed by atoms with E-state index < -0.39 is 35.1 Å². The smallest absolute Gasteiger partial charge is 0.328 e. The summed E-state index contributed by atoms with van der Waals surface area (Å²) in [6.07, 6.45) is 0. The van der Waals surface area contributed by atoms with Gasteiger partial charge in [0, 0.05) is 11.3 Å². The zero-order valence-electron chi connectivity index (χ0n) is 15.4. The molecule has 8 nitrogen and oxygen atoms in total. The van der Waals surface area contributed by atoms with Crippen molar-refractivity contribution in [3.05, 3.63) is 59.2 Å². The molecule has 9 heteroatoms. The van der Waals surface area contributed by atoms with Crippen molar-refractivity contribution in [3.8, 4) is 0 Å². The second-order valence-electron chi connectivity index (χ2n) is 6.22. The molecule has 28 heavy (non-hydrogen) atoms. The van der Waals surface area contributed by atoms with Crippen LogP contribution >= 0.6 is 0 Å². The Bertz CT molecular complexity index is 1080. The highest BCUT2D eigenvalue weighted by atomic mass is 32.2. The van der Waals surface area contributed by atoms with Crippen molar-refractivity contribution in [1.82, 2.24) is 4.72 Å². The van der Waals surface area contributed by atoms with Gasteiger partial charge in [-0.3, -0.25) is 19.3 Å². The summed E-state index contributed by atoms with van der Waals surface area (Å²) in [7, 11) is -3.67. The number of nitrogens with zero attached hydrogens (tertiary/aromatic N) is 1. The molecule has 1 aliphatic rings. The molecule has 0 bridgehead atoms. The van der Waals surface area contributed by atoms with Crippen molar-refractivity contribution in [3.63, 3.8) is 0 Å². The number of aryl methyl sites for hydroxylation is 1. The second kappa shape index (κ2) is 7.81.